The van der Waals surface area contributed by atoms with E-state index in [1.165, 1.54) is 20.0 Å². The first-order valence-corrected chi connectivity index (χ1v) is 6.52. The first-order valence-electron chi connectivity index (χ1n) is 3.00. The predicted octanol–water partition coefficient (Wildman–Crippen LogP) is 3.63. The van der Waals surface area contributed by atoms with Gasteiger partial charge in [0.1, 0.15) is 0 Å². The zero-order chi connectivity index (χ0) is 8.55. The van der Waals surface area contributed by atoms with Crippen LogP contribution in [0.1, 0.15) is 0 Å². The second kappa shape index (κ2) is 3.69. The first-order chi connectivity index (χ1) is 5.77. The van der Waals surface area contributed by atoms with Crippen molar-refractivity contribution in [3.8, 4) is 9.88 Å². The van der Waals surface area contributed by atoms with Crippen LogP contribution >= 0.6 is 61.4 Å². The molecule has 0 saturated heterocycles. The molecule has 0 aliphatic rings. The molecule has 2 nitrogen and oxygen atoms in total. The Labute approximate surface area is 99.5 Å². The van der Waals surface area contributed by atoms with Crippen molar-refractivity contribution in [2.45, 2.75) is 0 Å². The van der Waals surface area contributed by atoms with Gasteiger partial charge in [-0.2, -0.15) is 4.37 Å². The molecule has 0 fully saturated rings. The van der Waals surface area contributed by atoms with E-state index in [0.29, 0.717) is 4.73 Å². The van der Waals surface area contributed by atoms with E-state index in [9.17, 15) is 0 Å². The Morgan fingerprint density at radius 1 is 1.50 bits per heavy atom. The highest BCUT2D eigenvalue weighted by molar-refractivity contribution is 14.1. The second-order valence-corrected chi connectivity index (χ2v) is 5.51. The summed E-state index contributed by atoms with van der Waals surface area (Å²) in [6, 6.07) is 2.08. The van der Waals surface area contributed by atoms with Crippen LogP contribution in [0.2, 0.25) is 0 Å². The molecular weight excluding hydrogens is 371 g/mol. The summed E-state index contributed by atoms with van der Waals surface area (Å²) in [6.45, 7) is 0. The molecule has 2 aromatic heterocycles. The fourth-order valence-electron chi connectivity index (χ4n) is 0.744. The Bertz CT molecular complexity index is 398. The number of rotatable bonds is 1. The van der Waals surface area contributed by atoms with Gasteiger partial charge < -0.3 is 0 Å². The fraction of sp³-hybridized carbons (Fsp3) is 0. The summed E-state index contributed by atoms with van der Waals surface area (Å²) in [6.07, 6.45) is 0. The molecule has 2 rings (SSSR count). The average Bonchev–Trinajstić information content (AvgIpc) is 2.58. The summed E-state index contributed by atoms with van der Waals surface area (Å²) < 4.78 is 5.97. The smallest absolute Gasteiger partial charge is 0.208 e. The molecule has 0 saturated carbocycles. The molecule has 0 radical (unpaired) electrons. The van der Waals surface area contributed by atoms with Crippen LogP contribution in [0.4, 0.5) is 0 Å². The van der Waals surface area contributed by atoms with Crippen molar-refractivity contribution in [2.75, 3.05) is 0 Å². The molecule has 0 N–H and O–H groups in total. The molecule has 2 aromatic rings. The van der Waals surface area contributed by atoms with Crippen LogP contribution in [0.15, 0.2) is 16.2 Å². The minimum absolute atomic E-state index is 0.673. The van der Waals surface area contributed by atoms with Gasteiger partial charge in [0.15, 0.2) is 5.01 Å². The van der Waals surface area contributed by atoms with Crippen molar-refractivity contribution < 1.29 is 0 Å². The lowest BCUT2D eigenvalue weighted by molar-refractivity contribution is 1.26. The molecule has 0 bridgehead atoms. The van der Waals surface area contributed by atoms with Crippen LogP contribution in [0.25, 0.3) is 9.88 Å². The highest BCUT2D eigenvalue weighted by Gasteiger charge is 2.08. The van der Waals surface area contributed by atoms with E-state index < -0.39 is 0 Å². The van der Waals surface area contributed by atoms with Gasteiger partial charge in [0.25, 0.3) is 0 Å². The van der Waals surface area contributed by atoms with Gasteiger partial charge in [0.2, 0.25) is 4.73 Å². The maximum absolute atomic E-state index is 4.24. The van der Waals surface area contributed by atoms with E-state index in [-0.39, 0.29) is 0 Å². The highest BCUT2D eigenvalue weighted by atomic mass is 127. The second-order valence-electron chi connectivity index (χ2n) is 1.97. The van der Waals surface area contributed by atoms with Crippen molar-refractivity contribution in [2.24, 2.45) is 0 Å². The van der Waals surface area contributed by atoms with Gasteiger partial charge in [-0.1, -0.05) is 0 Å². The van der Waals surface area contributed by atoms with Crippen molar-refractivity contribution in [3.63, 3.8) is 0 Å². The lowest BCUT2D eigenvalue weighted by Gasteiger charge is -1.87. The summed E-state index contributed by atoms with van der Waals surface area (Å²) in [5, 5.41) is 3.05. The number of hydrogen-bond acceptors (Lipinski definition) is 4. The molecule has 0 aliphatic heterocycles. The summed E-state index contributed by atoms with van der Waals surface area (Å²) >= 11 is 8.65. The van der Waals surface area contributed by atoms with Crippen molar-refractivity contribution in [1.82, 2.24) is 9.36 Å². The standard InChI is InChI=1S/C6H2BrIN2S2/c7-6-9-5(12-10-6)4-3(8)1-2-11-4/h1-2H. The third kappa shape index (κ3) is 1.70. The van der Waals surface area contributed by atoms with Crippen LogP contribution in [0.3, 0.4) is 0 Å². The predicted molar refractivity (Wildman–Crippen MR) is 63.6 cm³/mol. The van der Waals surface area contributed by atoms with Gasteiger partial charge in [0, 0.05) is 3.57 Å². The Hall–Kier alpha value is 0.470. The van der Waals surface area contributed by atoms with E-state index in [2.05, 4.69) is 59.3 Å². The Balaban J connectivity index is 2.50. The first kappa shape index (κ1) is 9.04. The number of aromatic nitrogens is 2. The van der Waals surface area contributed by atoms with Gasteiger partial charge in [-0.05, 0) is 61.5 Å². The summed E-state index contributed by atoms with van der Waals surface area (Å²) in [4.78, 5) is 5.45. The number of halogens is 2. The molecule has 0 atom stereocenters. The van der Waals surface area contributed by atoms with E-state index in [1.54, 1.807) is 11.3 Å². The van der Waals surface area contributed by atoms with E-state index in [4.69, 9.17) is 0 Å². The molecule has 2 heterocycles. The van der Waals surface area contributed by atoms with Gasteiger partial charge in [-0.15, -0.1) is 11.3 Å². The Morgan fingerprint density at radius 3 is 2.83 bits per heavy atom. The average molecular weight is 373 g/mol. The van der Waals surface area contributed by atoms with Gasteiger partial charge >= 0.3 is 0 Å². The van der Waals surface area contributed by atoms with Gasteiger partial charge in [0.05, 0.1) is 4.88 Å². The molecule has 62 valence electrons. The molecule has 0 unspecified atom stereocenters. The molecule has 0 amide bonds. The Morgan fingerprint density at radius 2 is 2.33 bits per heavy atom. The zero-order valence-corrected chi connectivity index (χ0v) is 11.0. The maximum atomic E-state index is 4.24. The molecule has 0 spiro atoms. The summed E-state index contributed by atoms with van der Waals surface area (Å²) in [5.74, 6) is 0. The lowest BCUT2D eigenvalue weighted by Crippen LogP contribution is -1.71. The molecular formula is C6H2BrIN2S2. The quantitative estimate of drug-likeness (QED) is 0.714. The fourth-order valence-corrected chi connectivity index (χ4v) is 3.95. The molecule has 0 aliphatic carbocycles. The molecule has 6 heteroatoms. The zero-order valence-electron chi connectivity index (χ0n) is 5.62. The van der Waals surface area contributed by atoms with Crippen molar-refractivity contribution in [3.05, 3.63) is 19.8 Å². The topological polar surface area (TPSA) is 25.8 Å². The minimum Gasteiger partial charge on any atom is -0.208 e. The van der Waals surface area contributed by atoms with Crippen LogP contribution < -0.4 is 0 Å². The summed E-state index contributed by atoms with van der Waals surface area (Å²) in [5.41, 5.74) is 0. The highest BCUT2D eigenvalue weighted by Crippen LogP contribution is 2.32. The van der Waals surface area contributed by atoms with E-state index in [1.807, 2.05) is 0 Å². The maximum Gasteiger partial charge on any atom is 0.209 e. The normalized spacial score (nSPS) is 10.5. The lowest BCUT2D eigenvalue weighted by atomic mass is 10.5. The van der Waals surface area contributed by atoms with Crippen LogP contribution in [0.5, 0.6) is 0 Å². The molecule has 0 aromatic carbocycles. The van der Waals surface area contributed by atoms with Crippen molar-refractivity contribution >= 4 is 61.4 Å². The minimum atomic E-state index is 0.673. The van der Waals surface area contributed by atoms with E-state index >= 15 is 0 Å². The SMILES string of the molecule is Brc1nsc(-c2sccc2I)n1. The number of thiophene rings is 1. The third-order valence-electron chi connectivity index (χ3n) is 1.21. The molecule has 12 heavy (non-hydrogen) atoms. The largest absolute Gasteiger partial charge is 0.209 e. The number of nitrogens with zero attached hydrogens (tertiary/aromatic N) is 2. The van der Waals surface area contributed by atoms with Crippen LogP contribution in [0, 0.1) is 3.57 Å². The monoisotopic (exact) mass is 372 g/mol. The number of hydrogen-bond donors (Lipinski definition) is 0. The van der Waals surface area contributed by atoms with E-state index in [0.717, 1.165) is 5.01 Å². The van der Waals surface area contributed by atoms with Gasteiger partial charge in [-0.25, -0.2) is 4.98 Å². The Kier molecular flexibility index (Phi) is 2.78. The van der Waals surface area contributed by atoms with Gasteiger partial charge in [-0.3, -0.25) is 0 Å². The van der Waals surface area contributed by atoms with Crippen LogP contribution in [-0.2, 0) is 0 Å². The van der Waals surface area contributed by atoms with Crippen LogP contribution in [-0.4, -0.2) is 9.36 Å². The third-order valence-corrected chi connectivity index (χ3v) is 4.85. The van der Waals surface area contributed by atoms with Crippen molar-refractivity contribution in [1.29, 1.82) is 0 Å². The summed E-state index contributed by atoms with van der Waals surface area (Å²) in [7, 11) is 0.